The summed E-state index contributed by atoms with van der Waals surface area (Å²) in [5.74, 6) is 0.196. The largest absolute Gasteiger partial charge is 0.495 e. The summed E-state index contributed by atoms with van der Waals surface area (Å²) in [6.07, 6.45) is 1.19. The molecule has 0 bridgehead atoms. The zero-order valence-corrected chi connectivity index (χ0v) is 12.7. The number of nitrogens with one attached hydrogen (secondary N) is 2. The van der Waals surface area contributed by atoms with Gasteiger partial charge in [0.1, 0.15) is 16.7 Å². The van der Waals surface area contributed by atoms with E-state index in [-0.39, 0.29) is 5.91 Å². The number of ether oxygens (including phenoxy) is 1. The maximum Gasteiger partial charge on any atom is 0.247 e. The van der Waals surface area contributed by atoms with Crippen LogP contribution in [0.1, 0.15) is 0 Å². The molecule has 1 fully saturated rings. The summed E-state index contributed by atoms with van der Waals surface area (Å²) in [7, 11) is 0.252. The molecule has 1 amide bonds. The molecule has 0 aromatic heterocycles. The minimum Gasteiger partial charge on any atom is -0.495 e. The Morgan fingerprint density at radius 2 is 2.19 bits per heavy atom. The van der Waals surface area contributed by atoms with Gasteiger partial charge in [-0.1, -0.05) is 6.58 Å². The quantitative estimate of drug-likeness (QED) is 0.787. The average molecular weight is 309 g/mol. The van der Waals surface area contributed by atoms with E-state index in [1.165, 1.54) is 13.2 Å². The summed E-state index contributed by atoms with van der Waals surface area (Å²) < 4.78 is 19.8. The lowest BCUT2D eigenvalue weighted by Crippen LogP contribution is -2.44. The number of hydrogen-bond donors (Lipinski definition) is 2. The van der Waals surface area contributed by atoms with Crippen LogP contribution in [0.15, 0.2) is 35.7 Å². The van der Waals surface area contributed by atoms with Crippen molar-refractivity contribution in [3.63, 3.8) is 0 Å². The van der Waals surface area contributed by atoms with E-state index in [0.29, 0.717) is 16.3 Å². The zero-order valence-electron chi connectivity index (χ0n) is 11.9. The van der Waals surface area contributed by atoms with E-state index in [9.17, 15) is 9.00 Å². The number of piperazine rings is 1. The number of anilines is 1. The van der Waals surface area contributed by atoms with Crippen LogP contribution in [-0.4, -0.2) is 47.7 Å². The van der Waals surface area contributed by atoms with Gasteiger partial charge >= 0.3 is 0 Å². The second-order valence-corrected chi connectivity index (χ2v) is 5.94. The Morgan fingerprint density at radius 3 is 2.81 bits per heavy atom. The molecule has 0 spiro atoms. The number of nitrogens with zero attached hydrogens (tertiary/aromatic N) is 1. The van der Waals surface area contributed by atoms with Crippen LogP contribution in [0.5, 0.6) is 5.75 Å². The molecule has 1 aromatic rings. The third kappa shape index (κ3) is 3.90. The van der Waals surface area contributed by atoms with Crippen LogP contribution >= 0.6 is 0 Å². The second kappa shape index (κ2) is 7.35. The lowest BCUT2D eigenvalue weighted by molar-refractivity contribution is -0.111. The Kier molecular flexibility index (Phi) is 5.49. The lowest BCUT2D eigenvalue weighted by atomic mass is 10.3. The molecule has 0 aliphatic carbocycles. The molecule has 1 aromatic carbocycles. The Labute approximate surface area is 126 Å². The highest BCUT2D eigenvalue weighted by Gasteiger charge is 2.21. The van der Waals surface area contributed by atoms with E-state index in [4.69, 9.17) is 4.74 Å². The standard InChI is InChI=1S/C14H19N3O3S/c1-3-14(18)16-11-4-5-13(12(10-11)20-2)21(19)17-8-6-15-7-9-17/h3-5,10,15H,1,6-9H2,2H3,(H,16,18). The van der Waals surface area contributed by atoms with Gasteiger partial charge in [0, 0.05) is 37.9 Å². The first kappa shape index (κ1) is 15.7. The van der Waals surface area contributed by atoms with Crippen LogP contribution in [0.25, 0.3) is 0 Å². The molecule has 2 rings (SSSR count). The molecule has 1 unspecified atom stereocenters. The normalized spacial score (nSPS) is 17.0. The molecule has 0 saturated carbocycles. The van der Waals surface area contributed by atoms with E-state index in [1.807, 2.05) is 4.31 Å². The molecular formula is C14H19N3O3S. The van der Waals surface area contributed by atoms with E-state index >= 15 is 0 Å². The minimum atomic E-state index is -1.27. The van der Waals surface area contributed by atoms with Gasteiger partial charge in [-0.3, -0.25) is 4.79 Å². The van der Waals surface area contributed by atoms with Gasteiger partial charge in [0.15, 0.2) is 0 Å². The second-order valence-electron chi connectivity index (χ2n) is 4.49. The van der Waals surface area contributed by atoms with Crippen LogP contribution in [-0.2, 0) is 15.8 Å². The average Bonchev–Trinajstić information content (AvgIpc) is 2.54. The van der Waals surface area contributed by atoms with Gasteiger partial charge in [0.25, 0.3) is 0 Å². The fraction of sp³-hybridized carbons (Fsp3) is 0.357. The third-order valence-electron chi connectivity index (χ3n) is 3.12. The van der Waals surface area contributed by atoms with Gasteiger partial charge in [-0.05, 0) is 18.2 Å². The van der Waals surface area contributed by atoms with Crippen molar-refractivity contribution in [2.45, 2.75) is 4.90 Å². The van der Waals surface area contributed by atoms with E-state index in [1.54, 1.807) is 18.2 Å². The fourth-order valence-electron chi connectivity index (χ4n) is 2.03. The van der Waals surface area contributed by atoms with E-state index in [0.717, 1.165) is 26.2 Å². The van der Waals surface area contributed by atoms with E-state index in [2.05, 4.69) is 17.2 Å². The molecule has 1 aliphatic rings. The number of amides is 1. The van der Waals surface area contributed by atoms with Crippen molar-refractivity contribution in [3.05, 3.63) is 30.9 Å². The molecule has 7 heteroatoms. The summed E-state index contributed by atoms with van der Waals surface area (Å²) >= 11 is 0. The summed E-state index contributed by atoms with van der Waals surface area (Å²) in [5, 5.41) is 5.87. The molecule has 2 N–H and O–H groups in total. The predicted molar refractivity (Wildman–Crippen MR) is 82.7 cm³/mol. The molecule has 114 valence electrons. The van der Waals surface area contributed by atoms with Gasteiger partial charge in [-0.2, -0.15) is 0 Å². The molecule has 1 heterocycles. The van der Waals surface area contributed by atoms with Crippen molar-refractivity contribution in [2.24, 2.45) is 0 Å². The number of rotatable bonds is 5. The highest BCUT2D eigenvalue weighted by Crippen LogP contribution is 2.27. The molecule has 1 saturated heterocycles. The third-order valence-corrected chi connectivity index (χ3v) is 4.66. The van der Waals surface area contributed by atoms with Crippen molar-refractivity contribution in [3.8, 4) is 5.75 Å². The van der Waals surface area contributed by atoms with Crippen LogP contribution in [0, 0.1) is 0 Å². The number of methoxy groups -OCH3 is 1. The lowest BCUT2D eigenvalue weighted by Gasteiger charge is -2.26. The Balaban J connectivity index is 2.20. The summed E-state index contributed by atoms with van der Waals surface area (Å²) in [6, 6.07) is 5.09. The Morgan fingerprint density at radius 1 is 1.48 bits per heavy atom. The first-order valence-electron chi connectivity index (χ1n) is 6.64. The first-order chi connectivity index (χ1) is 10.2. The molecule has 21 heavy (non-hydrogen) atoms. The van der Waals surface area contributed by atoms with Crippen LogP contribution in [0.3, 0.4) is 0 Å². The molecule has 0 radical (unpaired) electrons. The maximum atomic E-state index is 12.6. The van der Waals surface area contributed by atoms with Gasteiger partial charge < -0.3 is 15.4 Å². The zero-order chi connectivity index (χ0) is 15.2. The van der Waals surface area contributed by atoms with Gasteiger partial charge in [0.2, 0.25) is 5.91 Å². The van der Waals surface area contributed by atoms with E-state index < -0.39 is 11.0 Å². The Hall–Kier alpha value is -1.70. The molecule has 1 aliphatic heterocycles. The maximum absolute atomic E-state index is 12.6. The van der Waals surface area contributed by atoms with Crippen molar-refractivity contribution in [1.29, 1.82) is 0 Å². The smallest absolute Gasteiger partial charge is 0.247 e. The van der Waals surface area contributed by atoms with Crippen LogP contribution < -0.4 is 15.4 Å². The number of benzene rings is 1. The van der Waals surface area contributed by atoms with Crippen molar-refractivity contribution >= 4 is 22.6 Å². The topological polar surface area (TPSA) is 70.7 Å². The van der Waals surface area contributed by atoms with Crippen molar-refractivity contribution in [1.82, 2.24) is 9.62 Å². The monoisotopic (exact) mass is 309 g/mol. The summed E-state index contributed by atoms with van der Waals surface area (Å²) in [4.78, 5) is 11.9. The van der Waals surface area contributed by atoms with Crippen LogP contribution in [0.2, 0.25) is 0 Å². The minimum absolute atomic E-state index is 0.298. The summed E-state index contributed by atoms with van der Waals surface area (Å²) in [6.45, 7) is 6.50. The molecule has 1 atom stereocenters. The number of hydrogen-bond acceptors (Lipinski definition) is 4. The first-order valence-corrected chi connectivity index (χ1v) is 7.75. The number of carbonyl (C=O) groups is 1. The van der Waals surface area contributed by atoms with Crippen molar-refractivity contribution in [2.75, 3.05) is 38.6 Å². The number of carbonyl (C=O) groups excluding carboxylic acids is 1. The van der Waals surface area contributed by atoms with Gasteiger partial charge in [0.05, 0.1) is 12.0 Å². The fourth-order valence-corrected chi connectivity index (χ4v) is 3.32. The highest BCUT2D eigenvalue weighted by molar-refractivity contribution is 7.82. The highest BCUT2D eigenvalue weighted by atomic mass is 32.2. The SMILES string of the molecule is C=CC(=O)Nc1ccc(S(=O)N2CCNCC2)c(OC)c1. The predicted octanol–water partition coefficient (Wildman–Crippen LogP) is 0.747. The van der Waals surface area contributed by atoms with Crippen molar-refractivity contribution < 1.29 is 13.7 Å². The summed E-state index contributed by atoms with van der Waals surface area (Å²) in [5.41, 5.74) is 0.581. The molecule has 6 nitrogen and oxygen atoms in total. The van der Waals surface area contributed by atoms with Crippen LogP contribution in [0.4, 0.5) is 5.69 Å². The Bertz CT molecular complexity index is 556. The van der Waals surface area contributed by atoms with Gasteiger partial charge in [-0.15, -0.1) is 0 Å². The van der Waals surface area contributed by atoms with Gasteiger partial charge in [-0.25, -0.2) is 8.51 Å². The molecular weight excluding hydrogens is 290 g/mol.